The molecule has 2 aromatic rings. The number of piperidine rings is 1. The van der Waals surface area contributed by atoms with Gasteiger partial charge in [0, 0.05) is 24.5 Å². The first-order chi connectivity index (χ1) is 16.0. The highest BCUT2D eigenvalue weighted by atomic mass is 32.1. The summed E-state index contributed by atoms with van der Waals surface area (Å²) in [7, 11) is 0. The quantitative estimate of drug-likeness (QED) is 0.231. The van der Waals surface area contributed by atoms with Crippen LogP contribution in [0.25, 0.3) is 0 Å². The molecule has 33 heavy (non-hydrogen) atoms. The maximum absolute atomic E-state index is 10.9. The van der Waals surface area contributed by atoms with Gasteiger partial charge in [-0.05, 0) is 74.0 Å². The summed E-state index contributed by atoms with van der Waals surface area (Å²) in [6.45, 7) is 6.41. The molecule has 1 aromatic heterocycles. The molecule has 2 heterocycles. The van der Waals surface area contributed by atoms with Crippen molar-refractivity contribution in [3.63, 3.8) is 0 Å². The maximum atomic E-state index is 10.9. The van der Waals surface area contributed by atoms with E-state index >= 15 is 0 Å². The Morgan fingerprint density at radius 3 is 2.85 bits per heavy atom. The zero-order chi connectivity index (χ0) is 23.5. The van der Waals surface area contributed by atoms with Crippen molar-refractivity contribution in [1.29, 1.82) is 0 Å². The number of thiophene rings is 1. The number of benzene rings is 1. The van der Waals surface area contributed by atoms with Crippen LogP contribution in [0.5, 0.6) is 5.75 Å². The van der Waals surface area contributed by atoms with Gasteiger partial charge in [-0.3, -0.25) is 15.0 Å². The van der Waals surface area contributed by atoms with Crippen LogP contribution in [-0.4, -0.2) is 47.7 Å². The Morgan fingerprint density at radius 2 is 2.12 bits per heavy atom. The van der Waals surface area contributed by atoms with Crippen molar-refractivity contribution in [2.24, 2.45) is 0 Å². The number of nitro groups is 1. The molecule has 1 aromatic carbocycles. The van der Waals surface area contributed by atoms with E-state index in [4.69, 9.17) is 4.74 Å². The Labute approximate surface area is 199 Å². The van der Waals surface area contributed by atoms with Crippen LogP contribution in [0.3, 0.4) is 0 Å². The van der Waals surface area contributed by atoms with Gasteiger partial charge in [0.05, 0.1) is 11.5 Å². The van der Waals surface area contributed by atoms with Gasteiger partial charge in [-0.25, -0.2) is 0 Å². The number of nitrogens with one attached hydrogen (secondary N) is 2. The topological polar surface area (TPSA) is 99.9 Å². The minimum Gasteiger partial charge on any atom is -0.494 e. The third kappa shape index (κ3) is 8.68. The molecule has 9 heteroatoms. The number of hydrogen-bond donors (Lipinski definition) is 3. The fourth-order valence-electron chi connectivity index (χ4n) is 3.88. The van der Waals surface area contributed by atoms with Crippen molar-refractivity contribution in [1.82, 2.24) is 15.5 Å². The Kier molecular flexibility index (Phi) is 9.99. The number of aliphatic hydroxyl groups excluding tert-OH is 1. The third-order valence-corrected chi connectivity index (χ3v) is 6.70. The van der Waals surface area contributed by atoms with Gasteiger partial charge in [-0.1, -0.05) is 18.6 Å². The summed E-state index contributed by atoms with van der Waals surface area (Å²) >= 11 is 1.47. The van der Waals surface area contributed by atoms with Gasteiger partial charge in [0.25, 0.3) is 6.20 Å². The fraction of sp³-hybridized carbons (Fsp3) is 0.500. The third-order valence-electron chi connectivity index (χ3n) is 5.58. The van der Waals surface area contributed by atoms with Gasteiger partial charge in [0.1, 0.15) is 11.9 Å². The molecule has 0 radical (unpaired) electrons. The largest absolute Gasteiger partial charge is 0.494 e. The Morgan fingerprint density at radius 1 is 1.30 bits per heavy atom. The number of hydrogen-bond acceptors (Lipinski definition) is 8. The molecule has 1 unspecified atom stereocenters. The van der Waals surface area contributed by atoms with Crippen molar-refractivity contribution in [2.75, 3.05) is 32.8 Å². The predicted octanol–water partition coefficient (Wildman–Crippen LogP) is 3.80. The molecular weight excluding hydrogens is 440 g/mol. The van der Waals surface area contributed by atoms with Crippen molar-refractivity contribution in [3.8, 4) is 5.75 Å². The lowest BCUT2D eigenvalue weighted by atomic mass is 10.1. The van der Waals surface area contributed by atoms with Crippen LogP contribution >= 0.6 is 11.3 Å². The zero-order valence-electron chi connectivity index (χ0n) is 19.2. The number of aryl methyl sites for hydroxylation is 1. The number of rotatable bonds is 13. The van der Waals surface area contributed by atoms with Gasteiger partial charge in [-0.15, -0.1) is 11.3 Å². The average Bonchev–Trinajstić information content (AvgIpc) is 3.23. The second-order valence-electron chi connectivity index (χ2n) is 8.31. The van der Waals surface area contributed by atoms with E-state index in [2.05, 4.69) is 27.7 Å². The Hall–Kier alpha value is -2.62. The molecule has 0 amide bonds. The number of likely N-dealkylation sites (tertiary alicyclic amines) is 1. The lowest BCUT2D eigenvalue weighted by molar-refractivity contribution is -0.404. The van der Waals surface area contributed by atoms with Gasteiger partial charge in [-0.2, -0.15) is 0 Å². The molecule has 1 atom stereocenters. The highest BCUT2D eigenvalue weighted by Crippen LogP contribution is 2.23. The lowest BCUT2D eigenvalue weighted by Gasteiger charge is -2.26. The van der Waals surface area contributed by atoms with Crippen LogP contribution in [0, 0.1) is 17.0 Å². The Balaban J connectivity index is 1.39. The monoisotopic (exact) mass is 474 g/mol. The minimum absolute atomic E-state index is 0.189. The van der Waals surface area contributed by atoms with Gasteiger partial charge < -0.3 is 20.5 Å². The SMILES string of the molecule is Cc1ccsc1C(O)CN/C(=C/[N+](=O)[O-])NCCCOc1cccc(CN2CCCCC2)c1. The first-order valence-electron chi connectivity index (χ1n) is 11.5. The normalized spacial score (nSPS) is 15.8. The summed E-state index contributed by atoms with van der Waals surface area (Å²) in [5.41, 5.74) is 2.27. The molecule has 1 fully saturated rings. The van der Waals surface area contributed by atoms with Crippen molar-refractivity contribution in [3.05, 3.63) is 73.9 Å². The van der Waals surface area contributed by atoms with Gasteiger partial charge >= 0.3 is 0 Å². The van der Waals surface area contributed by atoms with E-state index in [1.165, 1.54) is 36.2 Å². The summed E-state index contributed by atoms with van der Waals surface area (Å²) in [5.74, 6) is 1.12. The maximum Gasteiger partial charge on any atom is 0.274 e. The van der Waals surface area contributed by atoms with Crippen LogP contribution in [-0.2, 0) is 6.54 Å². The van der Waals surface area contributed by atoms with E-state index in [-0.39, 0.29) is 12.4 Å². The smallest absolute Gasteiger partial charge is 0.274 e. The highest BCUT2D eigenvalue weighted by Gasteiger charge is 2.13. The first kappa shape index (κ1) is 25.0. The van der Waals surface area contributed by atoms with E-state index < -0.39 is 11.0 Å². The van der Waals surface area contributed by atoms with E-state index in [9.17, 15) is 15.2 Å². The second-order valence-corrected chi connectivity index (χ2v) is 9.25. The molecule has 1 saturated heterocycles. The van der Waals surface area contributed by atoms with Gasteiger partial charge in [0.15, 0.2) is 5.82 Å². The number of nitrogens with zero attached hydrogens (tertiary/aromatic N) is 2. The Bertz CT molecular complexity index is 911. The van der Waals surface area contributed by atoms with E-state index in [1.807, 2.05) is 30.5 Å². The molecule has 0 saturated carbocycles. The molecule has 0 spiro atoms. The second kappa shape index (κ2) is 13.2. The van der Waals surface area contributed by atoms with Gasteiger partial charge in [0.2, 0.25) is 0 Å². The average molecular weight is 475 g/mol. The molecule has 0 aliphatic carbocycles. The molecule has 1 aliphatic rings. The predicted molar refractivity (Wildman–Crippen MR) is 131 cm³/mol. The van der Waals surface area contributed by atoms with Crippen molar-refractivity contribution in [2.45, 2.75) is 45.3 Å². The highest BCUT2D eigenvalue weighted by molar-refractivity contribution is 7.10. The fourth-order valence-corrected chi connectivity index (χ4v) is 4.79. The molecule has 3 N–H and O–H groups in total. The first-order valence-corrected chi connectivity index (χ1v) is 12.4. The van der Waals surface area contributed by atoms with E-state index in [0.29, 0.717) is 19.6 Å². The summed E-state index contributed by atoms with van der Waals surface area (Å²) in [5, 5.41) is 29.2. The van der Waals surface area contributed by atoms with Crippen LogP contribution in [0.2, 0.25) is 0 Å². The molecule has 180 valence electrons. The molecule has 0 bridgehead atoms. The summed E-state index contributed by atoms with van der Waals surface area (Å²) in [6.07, 6.45) is 4.73. The lowest BCUT2D eigenvalue weighted by Crippen LogP contribution is -2.31. The molecular formula is C24H34N4O4S. The van der Waals surface area contributed by atoms with Crippen LogP contribution in [0.1, 0.15) is 47.8 Å². The van der Waals surface area contributed by atoms with Crippen molar-refractivity contribution >= 4 is 11.3 Å². The van der Waals surface area contributed by atoms with E-state index in [1.54, 1.807) is 0 Å². The summed E-state index contributed by atoms with van der Waals surface area (Å²) in [6, 6.07) is 10.2. The van der Waals surface area contributed by atoms with Crippen LogP contribution < -0.4 is 15.4 Å². The molecule has 3 rings (SSSR count). The molecule has 8 nitrogen and oxygen atoms in total. The van der Waals surface area contributed by atoms with Crippen LogP contribution in [0.4, 0.5) is 0 Å². The molecule has 1 aliphatic heterocycles. The number of ether oxygens (including phenoxy) is 1. The standard InChI is InChI=1S/C24H34N4O4S/c1-19-9-14-33-24(19)22(29)16-26-23(18-28(30)31)25-10-6-13-32-21-8-5-7-20(15-21)17-27-11-3-2-4-12-27/h5,7-9,14-15,18,22,25-26,29H,2-4,6,10-13,16-17H2,1H3/b23-18+. The number of aliphatic hydroxyl groups is 1. The zero-order valence-corrected chi connectivity index (χ0v) is 20.0. The van der Waals surface area contributed by atoms with Crippen molar-refractivity contribution < 1.29 is 14.8 Å². The van der Waals surface area contributed by atoms with Crippen LogP contribution in [0.15, 0.2) is 47.7 Å². The minimum atomic E-state index is -0.720. The summed E-state index contributed by atoms with van der Waals surface area (Å²) in [4.78, 5) is 13.8. The van der Waals surface area contributed by atoms with E-state index in [0.717, 1.165) is 42.0 Å². The summed E-state index contributed by atoms with van der Waals surface area (Å²) < 4.78 is 5.89.